The molecule has 1 unspecified atom stereocenters. The zero-order chi connectivity index (χ0) is 15.5. The van der Waals surface area contributed by atoms with Crippen LogP contribution in [0.2, 0.25) is 0 Å². The standard InChI is InChI=1S/C16H25N3O2/c1-12(19-7-9-21-10-8-19)15(20)18-13-5-6-17-14(11-13)16(2,3)4/h5-6,11-12H,7-10H2,1-4H3,(H,17,18,20). The van der Waals surface area contributed by atoms with Gasteiger partial charge < -0.3 is 10.1 Å². The lowest BCUT2D eigenvalue weighted by molar-refractivity contribution is -0.122. The molecule has 1 aliphatic heterocycles. The van der Waals surface area contributed by atoms with Gasteiger partial charge in [-0.2, -0.15) is 0 Å². The maximum absolute atomic E-state index is 12.4. The quantitative estimate of drug-likeness (QED) is 0.926. The predicted octanol–water partition coefficient (Wildman–Crippen LogP) is 2.04. The zero-order valence-corrected chi connectivity index (χ0v) is 13.3. The lowest BCUT2D eigenvalue weighted by Gasteiger charge is -2.31. The minimum atomic E-state index is -0.153. The highest BCUT2D eigenvalue weighted by atomic mass is 16.5. The number of ether oxygens (including phenoxy) is 1. The number of morpholine rings is 1. The van der Waals surface area contributed by atoms with Crippen molar-refractivity contribution in [2.45, 2.75) is 39.2 Å². The Morgan fingerprint density at radius 2 is 2.05 bits per heavy atom. The van der Waals surface area contributed by atoms with E-state index in [1.165, 1.54) is 0 Å². The van der Waals surface area contributed by atoms with Crippen LogP contribution in [0.15, 0.2) is 18.3 Å². The second-order valence-electron chi connectivity index (χ2n) is 6.49. The molecule has 5 nitrogen and oxygen atoms in total. The SMILES string of the molecule is CC(C(=O)Nc1ccnc(C(C)(C)C)c1)N1CCOCC1. The van der Waals surface area contributed by atoms with Crippen LogP contribution in [0.25, 0.3) is 0 Å². The van der Waals surface area contributed by atoms with Crippen LogP contribution in [0, 0.1) is 0 Å². The van der Waals surface area contributed by atoms with Crippen molar-refractivity contribution < 1.29 is 9.53 Å². The van der Waals surface area contributed by atoms with E-state index < -0.39 is 0 Å². The molecule has 1 amide bonds. The first-order chi connectivity index (χ1) is 9.88. The third-order valence-electron chi connectivity index (χ3n) is 3.77. The van der Waals surface area contributed by atoms with E-state index in [4.69, 9.17) is 4.74 Å². The lowest BCUT2D eigenvalue weighted by atomic mass is 9.91. The van der Waals surface area contributed by atoms with Crippen LogP contribution in [0.4, 0.5) is 5.69 Å². The number of nitrogens with one attached hydrogen (secondary N) is 1. The van der Waals surface area contributed by atoms with Crippen LogP contribution < -0.4 is 5.32 Å². The van der Waals surface area contributed by atoms with Gasteiger partial charge in [-0.05, 0) is 19.1 Å². The van der Waals surface area contributed by atoms with E-state index in [-0.39, 0.29) is 17.4 Å². The van der Waals surface area contributed by atoms with Gasteiger partial charge in [-0.25, -0.2) is 0 Å². The van der Waals surface area contributed by atoms with Crippen LogP contribution in [0.5, 0.6) is 0 Å². The number of hydrogen-bond donors (Lipinski definition) is 1. The number of carbonyl (C=O) groups is 1. The van der Waals surface area contributed by atoms with Gasteiger partial charge in [-0.1, -0.05) is 20.8 Å². The van der Waals surface area contributed by atoms with Crippen molar-refractivity contribution in [3.05, 3.63) is 24.0 Å². The largest absolute Gasteiger partial charge is 0.379 e. The monoisotopic (exact) mass is 291 g/mol. The molecule has 0 bridgehead atoms. The van der Waals surface area contributed by atoms with E-state index in [1.54, 1.807) is 6.20 Å². The molecule has 1 saturated heterocycles. The average Bonchev–Trinajstić information content (AvgIpc) is 2.47. The molecule has 1 aromatic rings. The first-order valence-electron chi connectivity index (χ1n) is 7.47. The van der Waals surface area contributed by atoms with Crippen LogP contribution in [0.1, 0.15) is 33.4 Å². The van der Waals surface area contributed by atoms with Crippen molar-refractivity contribution in [2.75, 3.05) is 31.6 Å². The number of nitrogens with zero attached hydrogens (tertiary/aromatic N) is 2. The predicted molar refractivity (Wildman–Crippen MR) is 83.4 cm³/mol. The maximum Gasteiger partial charge on any atom is 0.241 e. The summed E-state index contributed by atoms with van der Waals surface area (Å²) < 4.78 is 5.32. The molecular weight excluding hydrogens is 266 g/mol. The van der Waals surface area contributed by atoms with Crippen LogP contribution >= 0.6 is 0 Å². The number of anilines is 1. The van der Waals surface area contributed by atoms with Crippen molar-refractivity contribution in [1.29, 1.82) is 0 Å². The lowest BCUT2D eigenvalue weighted by Crippen LogP contribution is -2.47. The molecule has 1 atom stereocenters. The summed E-state index contributed by atoms with van der Waals surface area (Å²) >= 11 is 0. The molecule has 116 valence electrons. The molecule has 2 rings (SSSR count). The summed E-state index contributed by atoms with van der Waals surface area (Å²) in [5, 5.41) is 2.99. The fraction of sp³-hybridized carbons (Fsp3) is 0.625. The molecule has 1 aliphatic rings. The van der Waals surface area contributed by atoms with Gasteiger partial charge in [0.05, 0.1) is 19.3 Å². The highest BCUT2D eigenvalue weighted by Crippen LogP contribution is 2.22. The number of pyridine rings is 1. The van der Waals surface area contributed by atoms with E-state index in [2.05, 4.69) is 36.0 Å². The van der Waals surface area contributed by atoms with Crippen molar-refractivity contribution in [3.8, 4) is 0 Å². The summed E-state index contributed by atoms with van der Waals surface area (Å²) in [4.78, 5) is 18.9. The summed E-state index contributed by atoms with van der Waals surface area (Å²) in [5.41, 5.74) is 1.75. The number of aromatic nitrogens is 1. The van der Waals surface area contributed by atoms with Crippen molar-refractivity contribution >= 4 is 11.6 Å². The summed E-state index contributed by atoms with van der Waals surface area (Å²) in [6.45, 7) is 11.3. The molecule has 21 heavy (non-hydrogen) atoms. The molecule has 0 radical (unpaired) electrons. The van der Waals surface area contributed by atoms with Gasteiger partial charge in [0.2, 0.25) is 5.91 Å². The Morgan fingerprint density at radius 1 is 1.38 bits per heavy atom. The third-order valence-corrected chi connectivity index (χ3v) is 3.77. The molecule has 0 saturated carbocycles. The molecule has 5 heteroatoms. The number of hydrogen-bond acceptors (Lipinski definition) is 4. The van der Waals surface area contributed by atoms with Gasteiger partial charge in [0.25, 0.3) is 0 Å². The first kappa shape index (κ1) is 15.9. The Bertz CT molecular complexity index is 491. The molecule has 2 heterocycles. The van der Waals surface area contributed by atoms with Crippen LogP contribution in [0.3, 0.4) is 0 Å². The molecule has 0 aromatic carbocycles. The first-order valence-corrected chi connectivity index (χ1v) is 7.47. The summed E-state index contributed by atoms with van der Waals surface area (Å²) in [7, 11) is 0. The summed E-state index contributed by atoms with van der Waals surface area (Å²) in [6.07, 6.45) is 1.75. The maximum atomic E-state index is 12.4. The van der Waals surface area contributed by atoms with E-state index in [0.717, 1.165) is 24.5 Å². The molecule has 1 N–H and O–H groups in total. The van der Waals surface area contributed by atoms with Crippen molar-refractivity contribution in [1.82, 2.24) is 9.88 Å². The van der Waals surface area contributed by atoms with E-state index in [9.17, 15) is 4.79 Å². The minimum absolute atomic E-state index is 0.0166. The van der Waals surface area contributed by atoms with Gasteiger partial charge in [0, 0.05) is 36.1 Å². The molecular formula is C16H25N3O2. The molecule has 1 aromatic heterocycles. The normalized spacial score (nSPS) is 18.3. The minimum Gasteiger partial charge on any atom is -0.379 e. The zero-order valence-electron chi connectivity index (χ0n) is 13.3. The fourth-order valence-electron chi connectivity index (χ4n) is 2.30. The van der Waals surface area contributed by atoms with Gasteiger partial charge in [-0.3, -0.25) is 14.7 Å². The number of rotatable bonds is 3. The second kappa shape index (κ2) is 6.54. The van der Waals surface area contributed by atoms with E-state index >= 15 is 0 Å². The highest BCUT2D eigenvalue weighted by molar-refractivity contribution is 5.94. The van der Waals surface area contributed by atoms with Crippen LogP contribution in [-0.4, -0.2) is 48.1 Å². The molecule has 0 aliphatic carbocycles. The molecule has 0 spiro atoms. The number of amides is 1. The molecule has 1 fully saturated rings. The topological polar surface area (TPSA) is 54.5 Å². The highest BCUT2D eigenvalue weighted by Gasteiger charge is 2.23. The van der Waals surface area contributed by atoms with E-state index in [1.807, 2.05) is 19.1 Å². The van der Waals surface area contributed by atoms with E-state index in [0.29, 0.717) is 13.2 Å². The van der Waals surface area contributed by atoms with Crippen molar-refractivity contribution in [2.24, 2.45) is 0 Å². The van der Waals surface area contributed by atoms with Crippen LogP contribution in [-0.2, 0) is 14.9 Å². The third kappa shape index (κ3) is 4.25. The fourth-order valence-corrected chi connectivity index (χ4v) is 2.30. The summed E-state index contributed by atoms with van der Waals surface area (Å²) in [5.74, 6) is 0.0166. The Kier molecular flexibility index (Phi) is 4.96. The van der Waals surface area contributed by atoms with Crippen molar-refractivity contribution in [3.63, 3.8) is 0 Å². The average molecular weight is 291 g/mol. The number of carbonyl (C=O) groups excluding carboxylic acids is 1. The van der Waals surface area contributed by atoms with Gasteiger partial charge in [0.15, 0.2) is 0 Å². The Morgan fingerprint density at radius 3 is 2.67 bits per heavy atom. The second-order valence-corrected chi connectivity index (χ2v) is 6.49. The van der Waals surface area contributed by atoms with Gasteiger partial charge in [0.1, 0.15) is 0 Å². The van der Waals surface area contributed by atoms with Gasteiger partial charge >= 0.3 is 0 Å². The van der Waals surface area contributed by atoms with Gasteiger partial charge in [-0.15, -0.1) is 0 Å². The Balaban J connectivity index is 2.02. The Labute approximate surface area is 126 Å². The smallest absolute Gasteiger partial charge is 0.241 e. The summed E-state index contributed by atoms with van der Waals surface area (Å²) in [6, 6.07) is 3.63. The Hall–Kier alpha value is -1.46.